The van der Waals surface area contributed by atoms with Crippen LogP contribution in [0.5, 0.6) is 5.75 Å². The third kappa shape index (κ3) is 4.06. The van der Waals surface area contributed by atoms with Gasteiger partial charge in [0, 0.05) is 24.1 Å². The fraction of sp³-hybridized carbons (Fsp3) is 0.529. The van der Waals surface area contributed by atoms with Crippen LogP contribution in [0.25, 0.3) is 6.08 Å². The molecule has 4 heteroatoms. The van der Waals surface area contributed by atoms with Gasteiger partial charge < -0.3 is 5.11 Å². The molecule has 0 aliphatic rings. The topological polar surface area (TPSA) is 63.4 Å². The van der Waals surface area contributed by atoms with Crippen molar-refractivity contribution in [3.63, 3.8) is 0 Å². The van der Waals surface area contributed by atoms with Gasteiger partial charge in [-0.05, 0) is 28.5 Å². The molecule has 116 valence electrons. The average molecular weight is 291 g/mol. The lowest BCUT2D eigenvalue weighted by Gasteiger charge is -2.27. The first kappa shape index (κ1) is 17.2. The standard InChI is InChI=1S/C17H25NO3/c1-11(18(20)21)8-12-9-13(16(2,3)4)15(19)14(10-12)17(5,6)7/h8-10,19H,1-7H3. The van der Waals surface area contributed by atoms with Crippen molar-refractivity contribution in [2.45, 2.75) is 59.3 Å². The summed E-state index contributed by atoms with van der Waals surface area (Å²) in [6.07, 6.45) is 1.55. The first-order valence-corrected chi connectivity index (χ1v) is 7.04. The second kappa shape index (κ2) is 5.51. The number of allylic oxidation sites excluding steroid dienone is 1. The quantitative estimate of drug-likeness (QED) is 0.638. The van der Waals surface area contributed by atoms with Crippen LogP contribution in [-0.4, -0.2) is 10.0 Å². The molecule has 0 saturated heterocycles. The molecule has 0 heterocycles. The molecular weight excluding hydrogens is 266 g/mol. The summed E-state index contributed by atoms with van der Waals surface area (Å²) in [6.45, 7) is 13.6. The van der Waals surface area contributed by atoms with Crippen molar-refractivity contribution in [2.75, 3.05) is 0 Å². The Balaban J connectivity index is 3.63. The van der Waals surface area contributed by atoms with Crippen molar-refractivity contribution in [3.8, 4) is 5.75 Å². The normalized spacial score (nSPS) is 13.4. The van der Waals surface area contributed by atoms with Crippen molar-refractivity contribution >= 4 is 6.08 Å². The van der Waals surface area contributed by atoms with Gasteiger partial charge >= 0.3 is 0 Å². The Hall–Kier alpha value is -1.84. The molecule has 1 rings (SSSR count). The molecule has 0 aromatic heterocycles. The Labute approximate surface area is 126 Å². The van der Waals surface area contributed by atoms with Gasteiger partial charge in [-0.25, -0.2) is 0 Å². The highest BCUT2D eigenvalue weighted by Gasteiger charge is 2.26. The average Bonchev–Trinajstić information content (AvgIpc) is 2.27. The number of phenols is 1. The van der Waals surface area contributed by atoms with Gasteiger partial charge in [-0.15, -0.1) is 0 Å². The van der Waals surface area contributed by atoms with E-state index >= 15 is 0 Å². The van der Waals surface area contributed by atoms with Crippen LogP contribution in [0.3, 0.4) is 0 Å². The van der Waals surface area contributed by atoms with Crippen LogP contribution in [0.4, 0.5) is 0 Å². The van der Waals surface area contributed by atoms with E-state index < -0.39 is 4.92 Å². The number of rotatable bonds is 2. The molecule has 0 unspecified atom stereocenters. The van der Waals surface area contributed by atoms with E-state index in [0.717, 1.165) is 16.7 Å². The van der Waals surface area contributed by atoms with Crippen molar-refractivity contribution in [1.82, 2.24) is 0 Å². The maximum Gasteiger partial charge on any atom is 0.243 e. The lowest BCUT2D eigenvalue weighted by Crippen LogP contribution is -2.17. The Kier molecular flexibility index (Phi) is 4.51. The van der Waals surface area contributed by atoms with E-state index in [-0.39, 0.29) is 22.3 Å². The van der Waals surface area contributed by atoms with E-state index in [1.165, 1.54) is 6.92 Å². The fourth-order valence-electron chi connectivity index (χ4n) is 2.18. The minimum absolute atomic E-state index is 0.0837. The maximum atomic E-state index is 10.8. The van der Waals surface area contributed by atoms with Crippen LogP contribution in [0.1, 0.15) is 65.2 Å². The summed E-state index contributed by atoms with van der Waals surface area (Å²) < 4.78 is 0. The zero-order valence-electron chi connectivity index (χ0n) is 13.9. The van der Waals surface area contributed by atoms with Gasteiger partial charge in [-0.2, -0.15) is 0 Å². The van der Waals surface area contributed by atoms with Gasteiger partial charge in [0.2, 0.25) is 5.70 Å². The number of aromatic hydroxyl groups is 1. The maximum absolute atomic E-state index is 10.8. The van der Waals surface area contributed by atoms with Crippen molar-refractivity contribution in [2.24, 2.45) is 0 Å². The van der Waals surface area contributed by atoms with E-state index in [2.05, 4.69) is 0 Å². The van der Waals surface area contributed by atoms with E-state index in [1.54, 1.807) is 6.08 Å². The Bertz CT molecular complexity index is 552. The Morgan fingerprint density at radius 2 is 1.48 bits per heavy atom. The van der Waals surface area contributed by atoms with Crippen LogP contribution in [-0.2, 0) is 10.8 Å². The second-order valence-corrected chi connectivity index (χ2v) is 7.51. The molecule has 0 spiro atoms. The van der Waals surface area contributed by atoms with Crippen molar-refractivity contribution in [1.29, 1.82) is 0 Å². The number of benzene rings is 1. The highest BCUT2D eigenvalue weighted by atomic mass is 16.6. The summed E-state index contributed by atoms with van der Waals surface area (Å²) >= 11 is 0. The lowest BCUT2D eigenvalue weighted by atomic mass is 9.78. The van der Waals surface area contributed by atoms with Crippen LogP contribution < -0.4 is 0 Å². The van der Waals surface area contributed by atoms with Crippen molar-refractivity contribution in [3.05, 3.63) is 44.6 Å². The van der Waals surface area contributed by atoms with E-state index in [9.17, 15) is 15.2 Å². The van der Waals surface area contributed by atoms with Crippen LogP contribution >= 0.6 is 0 Å². The molecule has 0 bridgehead atoms. The van der Waals surface area contributed by atoms with Crippen LogP contribution in [0, 0.1) is 10.1 Å². The molecule has 21 heavy (non-hydrogen) atoms. The summed E-state index contributed by atoms with van der Waals surface area (Å²) in [6, 6.07) is 3.66. The molecule has 0 atom stereocenters. The summed E-state index contributed by atoms with van der Waals surface area (Å²) in [5.41, 5.74) is 1.96. The Morgan fingerprint density at radius 3 is 1.76 bits per heavy atom. The minimum atomic E-state index is -0.402. The summed E-state index contributed by atoms with van der Waals surface area (Å²) in [5, 5.41) is 21.4. The number of nitrogens with zero attached hydrogens (tertiary/aromatic N) is 1. The molecule has 1 aromatic rings. The molecule has 0 aliphatic heterocycles. The smallest absolute Gasteiger partial charge is 0.243 e. The third-order valence-corrected chi connectivity index (χ3v) is 3.41. The van der Waals surface area contributed by atoms with Gasteiger partial charge in [-0.1, -0.05) is 41.5 Å². The zero-order valence-corrected chi connectivity index (χ0v) is 13.9. The van der Waals surface area contributed by atoms with Crippen molar-refractivity contribution < 1.29 is 10.0 Å². The summed E-state index contributed by atoms with van der Waals surface area (Å²) in [7, 11) is 0. The van der Waals surface area contributed by atoms with Gasteiger partial charge in [0.15, 0.2) is 0 Å². The highest BCUT2D eigenvalue weighted by Crippen LogP contribution is 2.40. The summed E-state index contributed by atoms with van der Waals surface area (Å²) in [4.78, 5) is 10.4. The molecule has 0 fully saturated rings. The largest absolute Gasteiger partial charge is 0.507 e. The molecule has 0 amide bonds. The number of phenolic OH excluding ortho intramolecular Hbond substituents is 1. The van der Waals surface area contributed by atoms with Gasteiger partial charge in [0.05, 0.1) is 4.92 Å². The Morgan fingerprint density at radius 1 is 1.10 bits per heavy atom. The second-order valence-electron chi connectivity index (χ2n) is 7.51. The molecule has 0 radical (unpaired) electrons. The van der Waals surface area contributed by atoms with E-state index in [1.807, 2.05) is 53.7 Å². The number of hydrogen-bond acceptors (Lipinski definition) is 3. The molecule has 0 saturated carbocycles. The van der Waals surface area contributed by atoms with Gasteiger partial charge in [0.1, 0.15) is 5.75 Å². The number of nitro groups is 1. The minimum Gasteiger partial charge on any atom is -0.507 e. The molecule has 0 aliphatic carbocycles. The first-order chi connectivity index (χ1) is 9.34. The highest BCUT2D eigenvalue weighted by molar-refractivity contribution is 5.59. The van der Waals surface area contributed by atoms with Crippen LogP contribution in [0.2, 0.25) is 0 Å². The van der Waals surface area contributed by atoms with Gasteiger partial charge in [-0.3, -0.25) is 10.1 Å². The predicted octanol–water partition coefficient (Wildman–Crippen LogP) is 4.62. The first-order valence-electron chi connectivity index (χ1n) is 7.04. The van der Waals surface area contributed by atoms with E-state index in [0.29, 0.717) is 0 Å². The van der Waals surface area contributed by atoms with E-state index in [4.69, 9.17) is 0 Å². The predicted molar refractivity (Wildman–Crippen MR) is 86.2 cm³/mol. The fourth-order valence-corrected chi connectivity index (χ4v) is 2.18. The number of hydrogen-bond donors (Lipinski definition) is 1. The molecule has 4 nitrogen and oxygen atoms in total. The monoisotopic (exact) mass is 291 g/mol. The molecule has 1 N–H and O–H groups in total. The third-order valence-electron chi connectivity index (χ3n) is 3.41. The SMILES string of the molecule is CC(=Cc1cc(C(C)(C)C)c(O)c(C(C)(C)C)c1)[N+](=O)[O-]. The van der Waals surface area contributed by atoms with Crippen LogP contribution in [0.15, 0.2) is 17.8 Å². The molecule has 1 aromatic carbocycles. The zero-order chi connectivity index (χ0) is 16.6. The molecular formula is C17H25NO3. The van der Waals surface area contributed by atoms with Gasteiger partial charge in [0.25, 0.3) is 0 Å². The summed E-state index contributed by atoms with van der Waals surface area (Å²) in [5.74, 6) is 0.283. The lowest BCUT2D eigenvalue weighted by molar-refractivity contribution is -0.422.